The van der Waals surface area contributed by atoms with E-state index in [0.29, 0.717) is 5.56 Å². The second-order valence-electron chi connectivity index (χ2n) is 6.04. The lowest BCUT2D eigenvalue weighted by molar-refractivity contribution is -0.154. The number of nitrogens with zero attached hydrogens (tertiary/aromatic N) is 2. The Kier molecular flexibility index (Phi) is 7.15. The second-order valence-corrected chi connectivity index (χ2v) is 6.04. The van der Waals surface area contributed by atoms with E-state index in [-0.39, 0.29) is 11.3 Å². The van der Waals surface area contributed by atoms with Crippen LogP contribution in [0.5, 0.6) is 0 Å². The van der Waals surface area contributed by atoms with Crippen LogP contribution in [-0.2, 0) is 19.1 Å². The molecule has 0 aliphatic rings. The zero-order valence-corrected chi connectivity index (χ0v) is 16.7. The largest absolute Gasteiger partial charge is 0.468 e. The van der Waals surface area contributed by atoms with Crippen LogP contribution < -0.4 is 10.5 Å². The number of methoxy groups -OCH3 is 2. The van der Waals surface area contributed by atoms with Crippen LogP contribution in [0.25, 0.3) is 11.3 Å². The van der Waals surface area contributed by atoms with Crippen LogP contribution in [0, 0.1) is 11.3 Å². The quantitative estimate of drug-likeness (QED) is 0.517. The third kappa shape index (κ3) is 4.46. The highest BCUT2D eigenvalue weighted by Gasteiger charge is 2.34. The number of anilines is 1. The van der Waals surface area contributed by atoms with Crippen LogP contribution in [0.1, 0.15) is 30.9 Å². The Morgan fingerprint density at radius 1 is 1.10 bits per heavy atom. The Morgan fingerprint density at radius 2 is 1.66 bits per heavy atom. The van der Waals surface area contributed by atoms with Gasteiger partial charge in [-0.1, -0.05) is 0 Å². The topological polar surface area (TPSA) is 110 Å². The number of hydrogen-bond donors (Lipinski definition) is 0. The molecule has 2 aromatic rings. The van der Waals surface area contributed by atoms with E-state index in [1.54, 1.807) is 18.2 Å². The highest BCUT2D eigenvalue weighted by molar-refractivity contribution is 6.01. The van der Waals surface area contributed by atoms with Gasteiger partial charge in [0.25, 0.3) is 0 Å². The van der Waals surface area contributed by atoms with Crippen molar-refractivity contribution in [3.63, 3.8) is 0 Å². The van der Waals surface area contributed by atoms with Crippen molar-refractivity contribution in [2.24, 2.45) is 0 Å². The van der Waals surface area contributed by atoms with Gasteiger partial charge in [-0.25, -0.2) is 4.79 Å². The first-order valence-corrected chi connectivity index (χ1v) is 9.00. The minimum Gasteiger partial charge on any atom is -0.468 e. The molecule has 29 heavy (non-hydrogen) atoms. The molecule has 0 radical (unpaired) electrons. The molecule has 1 aromatic carbocycles. The fraction of sp³-hybridized carbons (Fsp3) is 0.333. The summed E-state index contributed by atoms with van der Waals surface area (Å²) in [6, 6.07) is 10.3. The van der Waals surface area contributed by atoms with Gasteiger partial charge in [-0.3, -0.25) is 9.59 Å². The number of benzene rings is 1. The molecular formula is C21H22N2O6. The summed E-state index contributed by atoms with van der Waals surface area (Å²) in [5, 5.41) is 9.35. The third-order valence-corrected chi connectivity index (χ3v) is 4.56. The molecule has 0 bridgehead atoms. The standard InChI is InChI=1S/C21H22N2O6/c1-5-23(6-2)14-9-7-13(8-10-14)17-11-15(16(12-22)19(24)29-17)18(20(25)27-3)21(26)28-4/h7-11,18H,5-6H2,1-4H3. The normalized spacial score (nSPS) is 10.3. The molecule has 2 rings (SSSR count). The molecule has 0 spiro atoms. The van der Waals surface area contributed by atoms with Gasteiger partial charge in [0.05, 0.1) is 14.2 Å². The van der Waals surface area contributed by atoms with Crippen LogP contribution >= 0.6 is 0 Å². The Balaban J connectivity index is 2.62. The Bertz CT molecular complexity index is 968. The molecule has 152 valence electrons. The van der Waals surface area contributed by atoms with E-state index in [1.807, 2.05) is 26.0 Å². The van der Waals surface area contributed by atoms with Crippen molar-refractivity contribution >= 4 is 17.6 Å². The lowest BCUT2D eigenvalue weighted by Crippen LogP contribution is -2.27. The molecule has 0 aliphatic heterocycles. The van der Waals surface area contributed by atoms with E-state index in [0.717, 1.165) is 33.0 Å². The van der Waals surface area contributed by atoms with Gasteiger partial charge in [0.1, 0.15) is 17.4 Å². The number of carbonyl (C=O) groups is 2. The summed E-state index contributed by atoms with van der Waals surface area (Å²) in [6.07, 6.45) is 0. The van der Waals surface area contributed by atoms with Crippen molar-refractivity contribution in [2.45, 2.75) is 19.8 Å². The van der Waals surface area contributed by atoms with E-state index >= 15 is 0 Å². The van der Waals surface area contributed by atoms with Crippen molar-refractivity contribution in [1.82, 2.24) is 0 Å². The molecule has 0 N–H and O–H groups in total. The fourth-order valence-electron chi connectivity index (χ4n) is 3.00. The van der Waals surface area contributed by atoms with Gasteiger partial charge in [-0.2, -0.15) is 5.26 Å². The highest BCUT2D eigenvalue weighted by Crippen LogP contribution is 2.28. The molecule has 0 atom stereocenters. The molecule has 8 nitrogen and oxygen atoms in total. The average Bonchev–Trinajstić information content (AvgIpc) is 2.74. The molecule has 0 aliphatic carbocycles. The molecule has 0 saturated carbocycles. The first-order valence-electron chi connectivity index (χ1n) is 9.00. The van der Waals surface area contributed by atoms with Crippen LogP contribution in [0.2, 0.25) is 0 Å². The Hall–Kier alpha value is -3.60. The van der Waals surface area contributed by atoms with E-state index in [4.69, 9.17) is 4.42 Å². The van der Waals surface area contributed by atoms with Crippen molar-refractivity contribution in [3.05, 3.63) is 51.9 Å². The van der Waals surface area contributed by atoms with Crippen LogP contribution in [-0.4, -0.2) is 39.2 Å². The number of rotatable bonds is 7. The van der Waals surface area contributed by atoms with Crippen LogP contribution in [0.4, 0.5) is 5.69 Å². The Morgan fingerprint density at radius 3 is 2.10 bits per heavy atom. The van der Waals surface area contributed by atoms with Crippen LogP contribution in [0.3, 0.4) is 0 Å². The average molecular weight is 398 g/mol. The first-order chi connectivity index (χ1) is 13.9. The van der Waals surface area contributed by atoms with E-state index in [2.05, 4.69) is 14.4 Å². The van der Waals surface area contributed by atoms with Gasteiger partial charge >= 0.3 is 17.6 Å². The van der Waals surface area contributed by atoms with Crippen molar-refractivity contribution in [1.29, 1.82) is 5.26 Å². The Labute approximate surface area is 168 Å². The lowest BCUT2D eigenvalue weighted by Gasteiger charge is -2.21. The maximum absolute atomic E-state index is 12.4. The van der Waals surface area contributed by atoms with E-state index in [9.17, 15) is 19.6 Å². The van der Waals surface area contributed by atoms with Gasteiger partial charge in [-0.05, 0) is 44.2 Å². The second kappa shape index (κ2) is 9.55. The smallest absolute Gasteiger partial charge is 0.354 e. The summed E-state index contributed by atoms with van der Waals surface area (Å²) >= 11 is 0. The molecule has 0 amide bonds. The number of nitriles is 1. The lowest BCUT2D eigenvalue weighted by atomic mass is 9.94. The van der Waals surface area contributed by atoms with E-state index < -0.39 is 29.0 Å². The summed E-state index contributed by atoms with van der Waals surface area (Å²) in [5.41, 5.74) is 0.0272. The predicted octanol–water partition coefficient (Wildman–Crippen LogP) is 2.45. The van der Waals surface area contributed by atoms with Crippen molar-refractivity contribution in [3.8, 4) is 17.4 Å². The number of carbonyl (C=O) groups excluding carboxylic acids is 2. The SMILES string of the molecule is CCN(CC)c1ccc(-c2cc(C(C(=O)OC)C(=O)OC)c(C#N)c(=O)o2)cc1. The zero-order valence-electron chi connectivity index (χ0n) is 16.7. The minimum atomic E-state index is -1.57. The predicted molar refractivity (Wildman–Crippen MR) is 105 cm³/mol. The van der Waals surface area contributed by atoms with E-state index in [1.165, 1.54) is 6.07 Å². The first kappa shape index (κ1) is 21.7. The summed E-state index contributed by atoms with van der Waals surface area (Å²) in [7, 11) is 2.20. The van der Waals surface area contributed by atoms with Gasteiger partial charge in [0.2, 0.25) is 0 Å². The summed E-state index contributed by atoms with van der Waals surface area (Å²) < 4.78 is 14.6. The minimum absolute atomic E-state index is 0.118. The molecular weight excluding hydrogens is 376 g/mol. The van der Waals surface area contributed by atoms with Gasteiger partial charge < -0.3 is 18.8 Å². The monoisotopic (exact) mass is 398 g/mol. The molecule has 1 aromatic heterocycles. The highest BCUT2D eigenvalue weighted by atomic mass is 16.5. The number of ether oxygens (including phenoxy) is 2. The van der Waals surface area contributed by atoms with Crippen molar-refractivity contribution in [2.75, 3.05) is 32.2 Å². The molecule has 0 unspecified atom stereocenters. The van der Waals surface area contributed by atoms with Crippen LogP contribution in [0.15, 0.2) is 39.5 Å². The molecule has 0 saturated heterocycles. The van der Waals surface area contributed by atoms with Gasteiger partial charge in [0, 0.05) is 29.9 Å². The summed E-state index contributed by atoms with van der Waals surface area (Å²) in [4.78, 5) is 38.8. The summed E-state index contributed by atoms with van der Waals surface area (Å²) in [6.45, 7) is 5.77. The zero-order chi connectivity index (χ0) is 21.6. The maximum atomic E-state index is 12.4. The number of esters is 2. The third-order valence-electron chi connectivity index (χ3n) is 4.56. The fourth-order valence-corrected chi connectivity index (χ4v) is 3.00. The van der Waals surface area contributed by atoms with Gasteiger partial charge in [-0.15, -0.1) is 0 Å². The summed E-state index contributed by atoms with van der Waals surface area (Å²) in [5.74, 6) is -3.34. The molecule has 0 fully saturated rings. The molecule has 8 heteroatoms. The maximum Gasteiger partial charge on any atom is 0.354 e. The van der Waals surface area contributed by atoms with Crippen molar-refractivity contribution < 1.29 is 23.5 Å². The number of hydrogen-bond acceptors (Lipinski definition) is 8. The van der Waals surface area contributed by atoms with Gasteiger partial charge in [0.15, 0.2) is 5.92 Å². The molecule has 1 heterocycles.